The van der Waals surface area contributed by atoms with Gasteiger partial charge in [-0.1, -0.05) is 18.1 Å². The standard InChI is InChI=1S/C20H15N3O2S/c1-3-10-25-19-9-8-15(24-2)11-14(19)12-16(13-21)26-20-22-17-6-4-5-7-18(17)23-20/h1,4-9,11-12H,10H2,2H3,(H,22,23)/b16-12+. The topological polar surface area (TPSA) is 70.9 Å². The maximum Gasteiger partial charge on any atom is 0.171 e. The Kier molecular flexibility index (Phi) is 5.48. The smallest absolute Gasteiger partial charge is 0.171 e. The summed E-state index contributed by atoms with van der Waals surface area (Å²) >= 11 is 1.25. The van der Waals surface area contributed by atoms with Gasteiger partial charge in [-0.15, -0.1) is 6.42 Å². The molecule has 1 N–H and O–H groups in total. The number of ether oxygens (including phenoxy) is 2. The Morgan fingerprint density at radius 1 is 1.35 bits per heavy atom. The predicted molar refractivity (Wildman–Crippen MR) is 103 cm³/mol. The summed E-state index contributed by atoms with van der Waals surface area (Å²) in [6.45, 7) is 0.145. The number of benzene rings is 2. The molecule has 2 aromatic carbocycles. The number of fused-ring (bicyclic) bond motifs is 1. The van der Waals surface area contributed by atoms with Crippen molar-refractivity contribution in [1.29, 1.82) is 5.26 Å². The third-order valence-electron chi connectivity index (χ3n) is 3.50. The molecule has 0 aliphatic carbocycles. The molecule has 0 spiro atoms. The SMILES string of the molecule is C#CCOc1ccc(OC)cc1/C=C(\C#N)Sc1nc2ccccc2[nH]1. The van der Waals surface area contributed by atoms with Crippen LogP contribution in [0.2, 0.25) is 0 Å². The Hall–Kier alpha value is -3.35. The van der Waals surface area contributed by atoms with Gasteiger partial charge in [0, 0.05) is 5.56 Å². The number of terminal acetylenes is 1. The van der Waals surface area contributed by atoms with E-state index in [0.29, 0.717) is 27.1 Å². The number of nitrogens with one attached hydrogen (secondary N) is 1. The molecular weight excluding hydrogens is 346 g/mol. The van der Waals surface area contributed by atoms with Gasteiger partial charge in [0.05, 0.1) is 23.0 Å². The average molecular weight is 361 g/mol. The van der Waals surface area contributed by atoms with E-state index in [-0.39, 0.29) is 6.61 Å². The first-order valence-electron chi connectivity index (χ1n) is 7.72. The molecule has 3 rings (SSSR count). The molecule has 3 aromatic rings. The van der Waals surface area contributed by atoms with E-state index in [1.807, 2.05) is 24.3 Å². The molecule has 1 aromatic heterocycles. The third kappa shape index (κ3) is 4.00. The molecule has 5 nitrogen and oxygen atoms in total. The second kappa shape index (κ2) is 8.15. The molecule has 0 radical (unpaired) electrons. The first kappa shape index (κ1) is 17.5. The first-order valence-corrected chi connectivity index (χ1v) is 8.54. The van der Waals surface area contributed by atoms with Gasteiger partial charge < -0.3 is 14.5 Å². The molecule has 0 saturated heterocycles. The normalized spacial score (nSPS) is 11.0. The Morgan fingerprint density at radius 2 is 2.19 bits per heavy atom. The summed E-state index contributed by atoms with van der Waals surface area (Å²) in [6.07, 6.45) is 6.99. The van der Waals surface area contributed by atoms with Crippen LogP contribution in [-0.4, -0.2) is 23.7 Å². The number of methoxy groups -OCH3 is 1. The van der Waals surface area contributed by atoms with Gasteiger partial charge in [0.25, 0.3) is 0 Å². The van der Waals surface area contributed by atoms with E-state index in [9.17, 15) is 5.26 Å². The van der Waals surface area contributed by atoms with Crippen molar-refractivity contribution in [3.63, 3.8) is 0 Å². The van der Waals surface area contributed by atoms with Crippen LogP contribution < -0.4 is 9.47 Å². The van der Waals surface area contributed by atoms with E-state index in [4.69, 9.17) is 15.9 Å². The summed E-state index contributed by atoms with van der Waals surface area (Å²) in [4.78, 5) is 8.14. The zero-order valence-electron chi connectivity index (χ0n) is 14.0. The lowest BCUT2D eigenvalue weighted by Gasteiger charge is -2.09. The lowest BCUT2D eigenvalue weighted by Crippen LogP contribution is -1.96. The van der Waals surface area contributed by atoms with E-state index in [0.717, 1.165) is 11.0 Å². The first-order chi connectivity index (χ1) is 12.7. The predicted octanol–water partition coefficient (Wildman–Crippen LogP) is 4.24. The highest BCUT2D eigenvalue weighted by molar-refractivity contribution is 8.03. The van der Waals surface area contributed by atoms with Crippen LogP contribution in [0.25, 0.3) is 17.1 Å². The molecular formula is C20H15N3O2S. The molecule has 6 heteroatoms. The van der Waals surface area contributed by atoms with Crippen molar-refractivity contribution in [1.82, 2.24) is 9.97 Å². The maximum atomic E-state index is 9.53. The van der Waals surface area contributed by atoms with Gasteiger partial charge in [-0.3, -0.25) is 0 Å². The van der Waals surface area contributed by atoms with Crippen molar-refractivity contribution in [2.45, 2.75) is 5.16 Å². The number of nitriles is 1. The van der Waals surface area contributed by atoms with Gasteiger partial charge in [-0.05, 0) is 48.2 Å². The van der Waals surface area contributed by atoms with Crippen LogP contribution in [0.3, 0.4) is 0 Å². The molecule has 0 bridgehead atoms. The van der Waals surface area contributed by atoms with E-state index >= 15 is 0 Å². The van der Waals surface area contributed by atoms with Crippen molar-refractivity contribution in [2.24, 2.45) is 0 Å². The van der Waals surface area contributed by atoms with Crippen molar-refractivity contribution in [3.8, 4) is 29.9 Å². The maximum absolute atomic E-state index is 9.53. The minimum Gasteiger partial charge on any atom is -0.497 e. The van der Waals surface area contributed by atoms with E-state index in [2.05, 4.69) is 22.0 Å². The van der Waals surface area contributed by atoms with Crippen LogP contribution in [0.15, 0.2) is 52.5 Å². The number of para-hydroxylation sites is 2. The zero-order valence-corrected chi connectivity index (χ0v) is 14.8. The van der Waals surface area contributed by atoms with Crippen molar-refractivity contribution >= 4 is 28.9 Å². The monoisotopic (exact) mass is 361 g/mol. The van der Waals surface area contributed by atoms with Crippen LogP contribution in [0, 0.1) is 23.7 Å². The highest BCUT2D eigenvalue weighted by Crippen LogP contribution is 2.31. The van der Waals surface area contributed by atoms with Crippen molar-refractivity contribution in [3.05, 3.63) is 52.9 Å². The zero-order chi connectivity index (χ0) is 18.4. The third-order valence-corrected chi connectivity index (χ3v) is 4.31. The lowest BCUT2D eigenvalue weighted by molar-refractivity contribution is 0.367. The van der Waals surface area contributed by atoms with Gasteiger partial charge in [-0.2, -0.15) is 5.26 Å². The number of hydrogen-bond donors (Lipinski definition) is 1. The number of imidazole rings is 1. The quantitative estimate of drug-likeness (QED) is 0.404. The fourth-order valence-corrected chi connectivity index (χ4v) is 3.07. The summed E-state index contributed by atoms with van der Waals surface area (Å²) in [7, 11) is 1.58. The lowest BCUT2D eigenvalue weighted by atomic mass is 10.1. The molecule has 0 unspecified atom stereocenters. The van der Waals surface area contributed by atoms with Gasteiger partial charge in [0.15, 0.2) is 5.16 Å². The largest absolute Gasteiger partial charge is 0.497 e. The van der Waals surface area contributed by atoms with E-state index in [1.54, 1.807) is 31.4 Å². The fourth-order valence-electron chi connectivity index (χ4n) is 2.32. The molecule has 0 fully saturated rings. The van der Waals surface area contributed by atoms with E-state index < -0.39 is 0 Å². The number of hydrogen-bond acceptors (Lipinski definition) is 5. The fraction of sp³-hybridized carbons (Fsp3) is 0.100. The minimum atomic E-state index is 0.145. The van der Waals surface area contributed by atoms with Crippen LogP contribution >= 0.6 is 11.8 Å². The molecule has 1 heterocycles. The van der Waals surface area contributed by atoms with Gasteiger partial charge in [0.2, 0.25) is 0 Å². The summed E-state index contributed by atoms with van der Waals surface area (Å²) < 4.78 is 10.8. The average Bonchev–Trinajstić information content (AvgIpc) is 3.08. The molecule has 128 valence electrons. The Morgan fingerprint density at radius 3 is 2.92 bits per heavy atom. The van der Waals surface area contributed by atoms with Gasteiger partial charge in [-0.25, -0.2) is 4.98 Å². The Bertz CT molecular complexity index is 1010. The summed E-state index contributed by atoms with van der Waals surface area (Å²) in [5, 5.41) is 10.2. The Labute approximate surface area is 155 Å². The Balaban J connectivity index is 1.92. The molecule has 0 amide bonds. The number of H-pyrrole nitrogens is 1. The summed E-state index contributed by atoms with van der Waals surface area (Å²) in [6, 6.07) is 15.2. The number of rotatable bonds is 6. The van der Waals surface area contributed by atoms with Crippen molar-refractivity contribution in [2.75, 3.05) is 13.7 Å². The second-order valence-electron chi connectivity index (χ2n) is 5.18. The molecule has 26 heavy (non-hydrogen) atoms. The molecule has 0 atom stereocenters. The number of aromatic amines is 1. The minimum absolute atomic E-state index is 0.145. The van der Waals surface area contributed by atoms with Crippen LogP contribution in [0.1, 0.15) is 5.56 Å². The summed E-state index contributed by atoms with van der Waals surface area (Å²) in [5.74, 6) is 3.68. The number of aromatic nitrogens is 2. The van der Waals surface area contributed by atoms with Crippen molar-refractivity contribution < 1.29 is 9.47 Å². The van der Waals surface area contributed by atoms with Gasteiger partial charge >= 0.3 is 0 Å². The highest BCUT2D eigenvalue weighted by Gasteiger charge is 2.09. The highest BCUT2D eigenvalue weighted by atomic mass is 32.2. The van der Waals surface area contributed by atoms with Gasteiger partial charge in [0.1, 0.15) is 24.2 Å². The number of nitrogens with zero attached hydrogens (tertiary/aromatic N) is 2. The van der Waals surface area contributed by atoms with Crippen LogP contribution in [0.4, 0.5) is 0 Å². The summed E-state index contributed by atoms with van der Waals surface area (Å²) in [5.41, 5.74) is 2.48. The van der Waals surface area contributed by atoms with Crippen LogP contribution in [-0.2, 0) is 0 Å². The van der Waals surface area contributed by atoms with E-state index in [1.165, 1.54) is 11.8 Å². The molecule has 0 aliphatic rings. The number of thioether (sulfide) groups is 1. The molecule has 0 saturated carbocycles. The molecule has 0 aliphatic heterocycles. The second-order valence-corrected chi connectivity index (χ2v) is 6.21. The van der Waals surface area contributed by atoms with Crippen LogP contribution in [0.5, 0.6) is 11.5 Å². The number of allylic oxidation sites excluding steroid dienone is 1.